The van der Waals surface area contributed by atoms with Gasteiger partial charge in [-0.1, -0.05) is 35.4 Å². The maximum Gasteiger partial charge on any atom is 0.0362 e. The van der Waals surface area contributed by atoms with Gasteiger partial charge >= 0.3 is 0 Å². The summed E-state index contributed by atoms with van der Waals surface area (Å²) in [4.78, 5) is 0. The Kier molecular flexibility index (Phi) is 4.03. The van der Waals surface area contributed by atoms with Crippen LogP contribution in [-0.4, -0.2) is 6.04 Å². The third-order valence-corrected chi connectivity index (χ3v) is 3.48. The van der Waals surface area contributed by atoms with Crippen LogP contribution in [0.1, 0.15) is 43.9 Å². The van der Waals surface area contributed by atoms with Crippen LogP contribution in [0.5, 0.6) is 0 Å². The molecule has 1 aromatic carbocycles. The van der Waals surface area contributed by atoms with Crippen molar-refractivity contribution in [2.45, 2.75) is 45.2 Å². The molecule has 96 valence electrons. The second-order valence-electron chi connectivity index (χ2n) is 5.64. The van der Waals surface area contributed by atoms with Gasteiger partial charge in [0, 0.05) is 12.1 Å². The number of rotatable bonds is 4. The molecule has 2 rings (SSSR count). The molecule has 2 atom stereocenters. The Morgan fingerprint density at radius 2 is 1.83 bits per heavy atom. The highest BCUT2D eigenvalue weighted by Gasteiger charge is 2.25. The number of hydrogen-bond donors (Lipinski definition) is 1. The maximum absolute atomic E-state index is 4.05. The molecule has 1 nitrogen and oxygen atoms in total. The van der Waals surface area contributed by atoms with E-state index < -0.39 is 0 Å². The second kappa shape index (κ2) is 5.53. The van der Waals surface area contributed by atoms with E-state index in [2.05, 4.69) is 56.6 Å². The second-order valence-corrected chi connectivity index (χ2v) is 5.64. The molecular weight excluding hydrogens is 218 g/mol. The van der Waals surface area contributed by atoms with E-state index in [1.165, 1.54) is 22.3 Å². The van der Waals surface area contributed by atoms with E-state index >= 15 is 0 Å². The Morgan fingerprint density at radius 3 is 2.50 bits per heavy atom. The maximum atomic E-state index is 4.05. The summed E-state index contributed by atoms with van der Waals surface area (Å²) in [5.74, 6) is 0. The molecule has 0 spiro atoms. The van der Waals surface area contributed by atoms with E-state index in [0.717, 1.165) is 19.3 Å². The van der Waals surface area contributed by atoms with E-state index in [4.69, 9.17) is 0 Å². The molecule has 1 aliphatic rings. The quantitative estimate of drug-likeness (QED) is 0.780. The lowest BCUT2D eigenvalue weighted by atomic mass is 9.86. The van der Waals surface area contributed by atoms with Gasteiger partial charge in [0.25, 0.3) is 0 Å². The van der Waals surface area contributed by atoms with E-state index in [-0.39, 0.29) is 0 Å². The fraction of sp³-hybridized carbons (Fsp3) is 0.412. The van der Waals surface area contributed by atoms with Gasteiger partial charge < -0.3 is 5.32 Å². The molecule has 0 saturated carbocycles. The average Bonchev–Trinajstić information content (AvgIpc) is 2.27. The molecule has 1 aliphatic heterocycles. The first-order valence-corrected chi connectivity index (χ1v) is 6.69. The molecule has 0 fully saturated rings. The van der Waals surface area contributed by atoms with Crippen molar-refractivity contribution in [3.63, 3.8) is 0 Å². The number of nitrogens with one attached hydrogen (secondary N) is 1. The first-order valence-electron chi connectivity index (χ1n) is 6.69. The Morgan fingerprint density at radius 1 is 1.17 bits per heavy atom. The van der Waals surface area contributed by atoms with Crippen molar-refractivity contribution >= 4 is 0 Å². The Bertz CT molecular complexity index is 458. The van der Waals surface area contributed by atoms with Crippen LogP contribution < -0.4 is 5.32 Å². The normalized spacial score (nSPS) is 22.3. The summed E-state index contributed by atoms with van der Waals surface area (Å²) >= 11 is 0. The van der Waals surface area contributed by atoms with Gasteiger partial charge in [0.15, 0.2) is 0 Å². The standard InChI is InChI=1S/C17H23N/c1-12(2)9-15-11-14-7-5-6-8-16(14)17(18-15)10-13(3)4/h5-8,15,17-18H,1,3,9-11H2,2,4H3/t15-,17-/m1/s1. The zero-order valence-electron chi connectivity index (χ0n) is 11.5. The minimum Gasteiger partial charge on any atom is -0.306 e. The summed E-state index contributed by atoms with van der Waals surface area (Å²) < 4.78 is 0. The SMILES string of the molecule is C=C(C)C[C@@H]1Cc2ccccc2[C@@H](CC(=C)C)N1. The largest absolute Gasteiger partial charge is 0.306 e. The lowest BCUT2D eigenvalue weighted by molar-refractivity contribution is 0.397. The number of hydrogen-bond acceptors (Lipinski definition) is 1. The number of fused-ring (bicyclic) bond motifs is 1. The van der Waals surface area contributed by atoms with Gasteiger partial charge in [-0.3, -0.25) is 0 Å². The predicted molar refractivity (Wildman–Crippen MR) is 78.7 cm³/mol. The molecule has 1 aromatic rings. The Labute approximate surface area is 111 Å². The molecule has 0 radical (unpaired) electrons. The van der Waals surface area contributed by atoms with Crippen LogP contribution in [0.2, 0.25) is 0 Å². The first-order chi connectivity index (χ1) is 8.56. The van der Waals surface area contributed by atoms with Crippen LogP contribution in [0.4, 0.5) is 0 Å². The Balaban J connectivity index is 2.23. The lowest BCUT2D eigenvalue weighted by Gasteiger charge is -2.33. The van der Waals surface area contributed by atoms with Crippen molar-refractivity contribution in [2.75, 3.05) is 0 Å². The molecule has 0 aliphatic carbocycles. The molecule has 0 aromatic heterocycles. The van der Waals surface area contributed by atoms with Crippen molar-refractivity contribution in [1.82, 2.24) is 5.32 Å². The van der Waals surface area contributed by atoms with Crippen LogP contribution in [-0.2, 0) is 6.42 Å². The topological polar surface area (TPSA) is 12.0 Å². The summed E-state index contributed by atoms with van der Waals surface area (Å²) in [5.41, 5.74) is 5.41. The van der Waals surface area contributed by atoms with Gasteiger partial charge in [0.05, 0.1) is 0 Å². The van der Waals surface area contributed by atoms with Gasteiger partial charge in [-0.15, -0.1) is 13.2 Å². The van der Waals surface area contributed by atoms with Crippen molar-refractivity contribution < 1.29 is 0 Å². The fourth-order valence-electron chi connectivity index (χ4n) is 2.83. The van der Waals surface area contributed by atoms with Crippen molar-refractivity contribution in [3.8, 4) is 0 Å². The predicted octanol–water partition coefficient (Wildman–Crippen LogP) is 4.17. The summed E-state index contributed by atoms with van der Waals surface area (Å²) in [6.07, 6.45) is 3.18. The molecule has 1 heterocycles. The molecule has 1 N–H and O–H groups in total. The van der Waals surface area contributed by atoms with Crippen LogP contribution in [0.15, 0.2) is 48.6 Å². The lowest BCUT2D eigenvalue weighted by Crippen LogP contribution is -2.39. The fourth-order valence-corrected chi connectivity index (χ4v) is 2.83. The monoisotopic (exact) mass is 241 g/mol. The van der Waals surface area contributed by atoms with E-state index in [1.54, 1.807) is 0 Å². The average molecular weight is 241 g/mol. The third kappa shape index (κ3) is 3.11. The molecule has 0 unspecified atom stereocenters. The van der Waals surface area contributed by atoms with Gasteiger partial charge in [-0.25, -0.2) is 0 Å². The van der Waals surface area contributed by atoms with Gasteiger partial charge in [0.1, 0.15) is 0 Å². The van der Waals surface area contributed by atoms with Gasteiger partial charge in [-0.2, -0.15) is 0 Å². The molecule has 1 heteroatoms. The van der Waals surface area contributed by atoms with Crippen LogP contribution in [0, 0.1) is 0 Å². The summed E-state index contributed by atoms with van der Waals surface area (Å²) in [7, 11) is 0. The first kappa shape index (κ1) is 13.1. The van der Waals surface area contributed by atoms with Crippen molar-refractivity contribution in [2.24, 2.45) is 0 Å². The smallest absolute Gasteiger partial charge is 0.0362 e. The van der Waals surface area contributed by atoms with Crippen LogP contribution >= 0.6 is 0 Å². The molecular formula is C17H23N. The minimum atomic E-state index is 0.414. The molecule has 18 heavy (non-hydrogen) atoms. The van der Waals surface area contributed by atoms with Crippen LogP contribution in [0.3, 0.4) is 0 Å². The summed E-state index contributed by atoms with van der Waals surface area (Å²) in [5, 5.41) is 3.75. The molecule has 0 saturated heterocycles. The summed E-state index contributed by atoms with van der Waals surface area (Å²) in [6, 6.07) is 9.70. The zero-order valence-corrected chi connectivity index (χ0v) is 11.5. The third-order valence-electron chi connectivity index (χ3n) is 3.48. The zero-order chi connectivity index (χ0) is 13.1. The van der Waals surface area contributed by atoms with Crippen molar-refractivity contribution in [3.05, 3.63) is 59.7 Å². The van der Waals surface area contributed by atoms with Crippen molar-refractivity contribution in [1.29, 1.82) is 0 Å². The number of benzene rings is 1. The highest BCUT2D eigenvalue weighted by Crippen LogP contribution is 2.30. The minimum absolute atomic E-state index is 0.414. The van der Waals surface area contributed by atoms with Gasteiger partial charge in [-0.05, 0) is 44.2 Å². The van der Waals surface area contributed by atoms with Gasteiger partial charge in [0.2, 0.25) is 0 Å². The molecule has 0 bridgehead atoms. The van der Waals surface area contributed by atoms with Crippen LogP contribution in [0.25, 0.3) is 0 Å². The molecule has 0 amide bonds. The van der Waals surface area contributed by atoms with E-state index in [9.17, 15) is 0 Å². The highest BCUT2D eigenvalue weighted by molar-refractivity contribution is 5.34. The van der Waals surface area contributed by atoms with E-state index in [0.29, 0.717) is 12.1 Å². The summed E-state index contributed by atoms with van der Waals surface area (Å²) in [6.45, 7) is 12.3. The Hall–Kier alpha value is -1.34. The highest BCUT2D eigenvalue weighted by atomic mass is 15.0. The van der Waals surface area contributed by atoms with E-state index in [1.807, 2.05) is 0 Å².